The van der Waals surface area contributed by atoms with E-state index in [1.165, 1.54) is 11.1 Å². The summed E-state index contributed by atoms with van der Waals surface area (Å²) in [6.07, 6.45) is 0. The predicted octanol–water partition coefficient (Wildman–Crippen LogP) is 1.78. The molecule has 0 heterocycles. The van der Waals surface area contributed by atoms with Gasteiger partial charge in [-0.1, -0.05) is 29.8 Å². The van der Waals surface area contributed by atoms with Crippen molar-refractivity contribution < 1.29 is 4.79 Å². The molecule has 0 aliphatic rings. The molecule has 88 valence electrons. The molecule has 1 unspecified atom stereocenters. The maximum absolute atomic E-state index is 11.3. The van der Waals surface area contributed by atoms with Crippen molar-refractivity contribution in [2.75, 3.05) is 13.1 Å². The fraction of sp³-hybridized carbons (Fsp3) is 0.462. The number of carbonyl (C=O) groups is 1. The van der Waals surface area contributed by atoms with Crippen molar-refractivity contribution in [1.82, 2.24) is 10.6 Å². The van der Waals surface area contributed by atoms with E-state index in [4.69, 9.17) is 0 Å². The van der Waals surface area contributed by atoms with Crippen LogP contribution in [0.4, 0.5) is 0 Å². The molecule has 0 aliphatic heterocycles. The van der Waals surface area contributed by atoms with Gasteiger partial charge in [0.05, 0.1) is 6.54 Å². The molecule has 0 saturated heterocycles. The van der Waals surface area contributed by atoms with Crippen LogP contribution in [0.2, 0.25) is 0 Å². The van der Waals surface area contributed by atoms with Gasteiger partial charge in [-0.3, -0.25) is 4.79 Å². The average molecular weight is 220 g/mol. The van der Waals surface area contributed by atoms with E-state index in [1.807, 2.05) is 6.92 Å². The molecule has 3 heteroatoms. The number of likely N-dealkylation sites (N-methyl/N-ethyl adjacent to an activating group) is 1. The van der Waals surface area contributed by atoms with E-state index < -0.39 is 0 Å². The summed E-state index contributed by atoms with van der Waals surface area (Å²) in [5.74, 6) is 0.0430. The summed E-state index contributed by atoms with van der Waals surface area (Å²) in [5, 5.41) is 5.95. The number of amides is 1. The first kappa shape index (κ1) is 12.7. The van der Waals surface area contributed by atoms with Gasteiger partial charge in [0, 0.05) is 12.6 Å². The number of carbonyl (C=O) groups excluding carboxylic acids is 1. The van der Waals surface area contributed by atoms with E-state index in [-0.39, 0.29) is 11.9 Å². The first-order chi connectivity index (χ1) is 7.63. The largest absolute Gasteiger partial charge is 0.355 e. The second-order valence-corrected chi connectivity index (χ2v) is 3.97. The monoisotopic (exact) mass is 220 g/mol. The lowest BCUT2D eigenvalue weighted by molar-refractivity contribution is -0.120. The van der Waals surface area contributed by atoms with Gasteiger partial charge in [-0.25, -0.2) is 0 Å². The highest BCUT2D eigenvalue weighted by molar-refractivity contribution is 5.77. The lowest BCUT2D eigenvalue weighted by atomic mass is 10.1. The zero-order chi connectivity index (χ0) is 12.0. The van der Waals surface area contributed by atoms with Crippen LogP contribution in [0.15, 0.2) is 24.3 Å². The Kier molecular flexibility index (Phi) is 4.99. The third-order valence-corrected chi connectivity index (χ3v) is 2.52. The van der Waals surface area contributed by atoms with E-state index in [2.05, 4.69) is 48.7 Å². The fourth-order valence-corrected chi connectivity index (χ4v) is 1.48. The number of hydrogen-bond donors (Lipinski definition) is 2. The molecule has 1 aromatic rings. The maximum Gasteiger partial charge on any atom is 0.233 e. The summed E-state index contributed by atoms with van der Waals surface area (Å²) < 4.78 is 0. The van der Waals surface area contributed by atoms with Gasteiger partial charge in [0.15, 0.2) is 0 Å². The van der Waals surface area contributed by atoms with Crippen molar-refractivity contribution in [2.24, 2.45) is 0 Å². The molecule has 0 fully saturated rings. The van der Waals surface area contributed by atoms with Crippen LogP contribution < -0.4 is 10.6 Å². The first-order valence-corrected chi connectivity index (χ1v) is 5.70. The summed E-state index contributed by atoms with van der Waals surface area (Å²) in [7, 11) is 0. The van der Waals surface area contributed by atoms with Gasteiger partial charge < -0.3 is 10.6 Å². The minimum absolute atomic E-state index is 0.0430. The van der Waals surface area contributed by atoms with Crippen molar-refractivity contribution in [2.45, 2.75) is 26.8 Å². The summed E-state index contributed by atoms with van der Waals surface area (Å²) in [4.78, 5) is 11.3. The summed E-state index contributed by atoms with van der Waals surface area (Å²) in [6, 6.07) is 8.54. The zero-order valence-electron chi connectivity index (χ0n) is 10.2. The van der Waals surface area contributed by atoms with Gasteiger partial charge in [-0.2, -0.15) is 0 Å². The lowest BCUT2D eigenvalue weighted by Crippen LogP contribution is -2.34. The van der Waals surface area contributed by atoms with Crippen LogP contribution in [0.1, 0.15) is 31.0 Å². The summed E-state index contributed by atoms with van der Waals surface area (Å²) in [6.45, 7) is 7.09. The van der Waals surface area contributed by atoms with Crippen LogP contribution in [0.25, 0.3) is 0 Å². The molecular weight excluding hydrogens is 200 g/mol. The van der Waals surface area contributed by atoms with Crippen LogP contribution in [0.3, 0.4) is 0 Å². The van der Waals surface area contributed by atoms with Crippen molar-refractivity contribution in [3.05, 3.63) is 35.4 Å². The standard InChI is InChI=1S/C13H20N2O/c1-4-14-13(16)9-15-11(3)12-7-5-10(2)6-8-12/h5-8,11,15H,4,9H2,1-3H3,(H,14,16). The van der Waals surface area contributed by atoms with Crippen LogP contribution in [-0.4, -0.2) is 19.0 Å². The summed E-state index contributed by atoms with van der Waals surface area (Å²) in [5.41, 5.74) is 2.45. The number of rotatable bonds is 5. The number of hydrogen-bond acceptors (Lipinski definition) is 2. The molecule has 0 aliphatic carbocycles. The third-order valence-electron chi connectivity index (χ3n) is 2.52. The van der Waals surface area contributed by atoms with Gasteiger partial charge >= 0.3 is 0 Å². The van der Waals surface area contributed by atoms with Crippen molar-refractivity contribution in [3.8, 4) is 0 Å². The van der Waals surface area contributed by atoms with E-state index in [0.29, 0.717) is 13.1 Å². The lowest BCUT2D eigenvalue weighted by Gasteiger charge is -2.14. The Morgan fingerprint density at radius 1 is 1.31 bits per heavy atom. The summed E-state index contributed by atoms with van der Waals surface area (Å²) >= 11 is 0. The molecule has 1 rings (SSSR count). The molecule has 0 spiro atoms. The average Bonchev–Trinajstić information content (AvgIpc) is 2.27. The molecule has 0 saturated carbocycles. The van der Waals surface area contributed by atoms with Crippen molar-refractivity contribution in [3.63, 3.8) is 0 Å². The minimum atomic E-state index is 0.0430. The Labute approximate surface area is 97.2 Å². The Hall–Kier alpha value is -1.35. The molecule has 0 radical (unpaired) electrons. The van der Waals surface area contributed by atoms with E-state index in [1.54, 1.807) is 0 Å². The van der Waals surface area contributed by atoms with Crippen LogP contribution in [0, 0.1) is 6.92 Å². The highest BCUT2D eigenvalue weighted by Crippen LogP contribution is 2.12. The van der Waals surface area contributed by atoms with E-state index >= 15 is 0 Å². The molecule has 3 nitrogen and oxygen atoms in total. The van der Waals surface area contributed by atoms with E-state index in [9.17, 15) is 4.79 Å². The number of benzene rings is 1. The SMILES string of the molecule is CCNC(=O)CNC(C)c1ccc(C)cc1. The van der Waals surface area contributed by atoms with Gasteiger partial charge in [0.2, 0.25) is 5.91 Å². The van der Waals surface area contributed by atoms with Crippen LogP contribution in [-0.2, 0) is 4.79 Å². The molecule has 1 atom stereocenters. The third kappa shape index (κ3) is 4.03. The molecule has 1 aromatic carbocycles. The Morgan fingerprint density at radius 3 is 2.50 bits per heavy atom. The van der Waals surface area contributed by atoms with Crippen LogP contribution in [0.5, 0.6) is 0 Å². The molecular formula is C13H20N2O. The smallest absolute Gasteiger partial charge is 0.233 e. The second kappa shape index (κ2) is 6.28. The minimum Gasteiger partial charge on any atom is -0.355 e. The topological polar surface area (TPSA) is 41.1 Å². The Balaban J connectivity index is 2.43. The van der Waals surface area contributed by atoms with Gasteiger partial charge in [0.1, 0.15) is 0 Å². The van der Waals surface area contributed by atoms with Gasteiger partial charge in [-0.15, -0.1) is 0 Å². The molecule has 1 amide bonds. The van der Waals surface area contributed by atoms with Gasteiger partial charge in [0.25, 0.3) is 0 Å². The van der Waals surface area contributed by atoms with Crippen molar-refractivity contribution in [1.29, 1.82) is 0 Å². The van der Waals surface area contributed by atoms with Gasteiger partial charge in [-0.05, 0) is 26.3 Å². The normalized spacial score (nSPS) is 12.2. The van der Waals surface area contributed by atoms with E-state index in [0.717, 1.165) is 0 Å². The Bertz CT molecular complexity index is 332. The number of aryl methyl sites for hydroxylation is 1. The molecule has 0 bridgehead atoms. The fourth-order valence-electron chi connectivity index (χ4n) is 1.48. The second-order valence-electron chi connectivity index (χ2n) is 3.97. The molecule has 2 N–H and O–H groups in total. The van der Waals surface area contributed by atoms with Crippen molar-refractivity contribution >= 4 is 5.91 Å². The zero-order valence-corrected chi connectivity index (χ0v) is 10.2. The number of nitrogens with one attached hydrogen (secondary N) is 2. The first-order valence-electron chi connectivity index (χ1n) is 5.70. The highest BCUT2D eigenvalue weighted by atomic mass is 16.1. The highest BCUT2D eigenvalue weighted by Gasteiger charge is 2.06. The molecule has 0 aromatic heterocycles. The molecule has 16 heavy (non-hydrogen) atoms. The van der Waals surface area contributed by atoms with Crippen LogP contribution >= 0.6 is 0 Å². The maximum atomic E-state index is 11.3. The Morgan fingerprint density at radius 2 is 1.94 bits per heavy atom. The quantitative estimate of drug-likeness (QED) is 0.794. The predicted molar refractivity (Wildman–Crippen MR) is 66.3 cm³/mol.